The number of aromatic nitrogens is 2. The summed E-state index contributed by atoms with van der Waals surface area (Å²) in [6.07, 6.45) is 4.28. The van der Waals surface area contributed by atoms with Gasteiger partial charge < -0.3 is 15.4 Å². The van der Waals surface area contributed by atoms with Crippen LogP contribution in [0.1, 0.15) is 26.1 Å². The Morgan fingerprint density at radius 1 is 1.62 bits per heavy atom. The fraction of sp³-hybridized carbons (Fsp3) is 0.667. The topological polar surface area (TPSA) is 60.9 Å². The summed E-state index contributed by atoms with van der Waals surface area (Å²) < 4.78 is 0. The predicted molar refractivity (Wildman–Crippen MR) is 51.2 cm³/mol. The number of nitrogens with zero attached hydrogens (tertiary/aromatic N) is 1. The summed E-state index contributed by atoms with van der Waals surface area (Å²) in [6.45, 7) is 5.04. The van der Waals surface area contributed by atoms with Crippen LogP contribution in [0.4, 0.5) is 0 Å². The maximum Gasteiger partial charge on any atom is 0.120 e. The number of hydrogen-bond donors (Lipinski definition) is 3. The zero-order valence-electron chi connectivity index (χ0n) is 8.17. The van der Waals surface area contributed by atoms with Crippen LogP contribution in [0.3, 0.4) is 0 Å². The molecule has 3 N–H and O–H groups in total. The van der Waals surface area contributed by atoms with Gasteiger partial charge in [-0.2, -0.15) is 0 Å². The molecule has 13 heavy (non-hydrogen) atoms. The molecule has 0 saturated heterocycles. The van der Waals surface area contributed by atoms with Crippen LogP contribution < -0.4 is 5.32 Å². The Hall–Kier alpha value is -0.870. The predicted octanol–water partition coefficient (Wildman–Crippen LogP) is 0.660. The van der Waals surface area contributed by atoms with E-state index in [2.05, 4.69) is 29.1 Å². The molecule has 0 radical (unpaired) electrons. The lowest BCUT2D eigenvalue weighted by molar-refractivity contribution is 0.229. The molecule has 0 aliphatic carbocycles. The maximum absolute atomic E-state index is 8.80. The van der Waals surface area contributed by atoms with Gasteiger partial charge in [-0.3, -0.25) is 0 Å². The van der Waals surface area contributed by atoms with Crippen molar-refractivity contribution in [1.82, 2.24) is 15.3 Å². The van der Waals surface area contributed by atoms with E-state index in [1.165, 1.54) is 0 Å². The van der Waals surface area contributed by atoms with E-state index in [9.17, 15) is 0 Å². The minimum atomic E-state index is -0.0401. The van der Waals surface area contributed by atoms with Gasteiger partial charge in [0.1, 0.15) is 5.82 Å². The van der Waals surface area contributed by atoms with E-state index in [0.717, 1.165) is 12.2 Å². The Morgan fingerprint density at radius 2 is 2.38 bits per heavy atom. The van der Waals surface area contributed by atoms with Crippen LogP contribution in [0, 0.1) is 0 Å². The quantitative estimate of drug-likeness (QED) is 0.628. The molecule has 4 heteroatoms. The highest BCUT2D eigenvalue weighted by Gasteiger charge is 2.15. The van der Waals surface area contributed by atoms with Gasteiger partial charge in [-0.05, 0) is 20.3 Å². The van der Waals surface area contributed by atoms with Crippen molar-refractivity contribution in [3.05, 3.63) is 18.2 Å². The molecule has 0 amide bonds. The van der Waals surface area contributed by atoms with E-state index in [1.54, 1.807) is 12.4 Å². The SMILES string of the molecule is CC(C)(CCO)NCc1ncc[nH]1. The lowest BCUT2D eigenvalue weighted by atomic mass is 10.0. The van der Waals surface area contributed by atoms with Crippen molar-refractivity contribution >= 4 is 0 Å². The highest BCUT2D eigenvalue weighted by Crippen LogP contribution is 2.07. The van der Waals surface area contributed by atoms with Crippen LogP contribution in [-0.4, -0.2) is 27.2 Å². The minimum absolute atomic E-state index is 0.0401. The number of aliphatic hydroxyl groups is 1. The molecular formula is C9H17N3O. The normalized spacial score (nSPS) is 11.9. The van der Waals surface area contributed by atoms with E-state index in [1.807, 2.05) is 0 Å². The second kappa shape index (κ2) is 4.39. The number of aromatic amines is 1. The Labute approximate surface area is 78.4 Å². The molecule has 0 unspecified atom stereocenters. The molecule has 0 bridgehead atoms. The molecule has 0 spiro atoms. The van der Waals surface area contributed by atoms with Gasteiger partial charge >= 0.3 is 0 Å². The Kier molecular flexibility index (Phi) is 3.45. The number of rotatable bonds is 5. The summed E-state index contributed by atoms with van der Waals surface area (Å²) in [5.74, 6) is 0.922. The van der Waals surface area contributed by atoms with Crippen LogP contribution >= 0.6 is 0 Å². The second-order valence-electron chi connectivity index (χ2n) is 3.75. The van der Waals surface area contributed by atoms with Crippen LogP contribution in [-0.2, 0) is 6.54 Å². The summed E-state index contributed by atoms with van der Waals surface area (Å²) in [7, 11) is 0. The van der Waals surface area contributed by atoms with Crippen LogP contribution in [0.15, 0.2) is 12.4 Å². The first-order valence-electron chi connectivity index (χ1n) is 4.48. The molecule has 0 aliphatic rings. The third kappa shape index (κ3) is 3.57. The van der Waals surface area contributed by atoms with Gasteiger partial charge in [0.2, 0.25) is 0 Å². The first-order chi connectivity index (χ1) is 6.14. The smallest absolute Gasteiger partial charge is 0.120 e. The monoisotopic (exact) mass is 183 g/mol. The fourth-order valence-corrected chi connectivity index (χ4v) is 1.09. The van der Waals surface area contributed by atoms with Crippen molar-refractivity contribution < 1.29 is 5.11 Å². The minimum Gasteiger partial charge on any atom is -0.396 e. The zero-order chi connectivity index (χ0) is 9.73. The van der Waals surface area contributed by atoms with Crippen LogP contribution in [0.2, 0.25) is 0 Å². The van der Waals surface area contributed by atoms with Crippen LogP contribution in [0.5, 0.6) is 0 Å². The number of imidazole rings is 1. The molecule has 1 rings (SSSR count). The standard InChI is InChI=1S/C9H17N3O/c1-9(2,3-6-13)12-7-8-10-4-5-11-8/h4-5,12-13H,3,6-7H2,1-2H3,(H,10,11). The highest BCUT2D eigenvalue weighted by atomic mass is 16.3. The van der Waals surface area contributed by atoms with Gasteiger partial charge in [0.15, 0.2) is 0 Å². The molecular weight excluding hydrogens is 166 g/mol. The van der Waals surface area contributed by atoms with Crippen LogP contribution in [0.25, 0.3) is 0 Å². The third-order valence-corrected chi connectivity index (χ3v) is 2.03. The maximum atomic E-state index is 8.80. The summed E-state index contributed by atoms with van der Waals surface area (Å²) in [5.41, 5.74) is -0.0401. The summed E-state index contributed by atoms with van der Waals surface area (Å²) in [4.78, 5) is 7.11. The molecule has 0 aliphatic heterocycles. The van der Waals surface area contributed by atoms with Gasteiger partial charge in [0.25, 0.3) is 0 Å². The van der Waals surface area contributed by atoms with E-state index in [4.69, 9.17) is 5.11 Å². The first kappa shape index (κ1) is 10.2. The van der Waals surface area contributed by atoms with Crippen molar-refractivity contribution in [2.24, 2.45) is 0 Å². The van der Waals surface area contributed by atoms with Gasteiger partial charge in [-0.25, -0.2) is 4.98 Å². The van der Waals surface area contributed by atoms with Crippen molar-refractivity contribution in [2.75, 3.05) is 6.61 Å². The Bertz CT molecular complexity index is 231. The molecule has 1 heterocycles. The van der Waals surface area contributed by atoms with Gasteiger partial charge in [0, 0.05) is 24.5 Å². The summed E-state index contributed by atoms with van der Waals surface area (Å²) >= 11 is 0. The summed E-state index contributed by atoms with van der Waals surface area (Å²) in [5, 5.41) is 12.1. The summed E-state index contributed by atoms with van der Waals surface area (Å²) in [6, 6.07) is 0. The van der Waals surface area contributed by atoms with Gasteiger partial charge in [-0.1, -0.05) is 0 Å². The van der Waals surface area contributed by atoms with E-state index < -0.39 is 0 Å². The number of nitrogens with one attached hydrogen (secondary N) is 2. The zero-order valence-corrected chi connectivity index (χ0v) is 8.17. The Balaban J connectivity index is 2.33. The van der Waals surface area contributed by atoms with E-state index >= 15 is 0 Å². The molecule has 0 atom stereocenters. The van der Waals surface area contributed by atoms with Crippen molar-refractivity contribution in [2.45, 2.75) is 32.4 Å². The van der Waals surface area contributed by atoms with Crippen molar-refractivity contribution in [3.8, 4) is 0 Å². The average Bonchev–Trinajstić information content (AvgIpc) is 2.52. The second-order valence-corrected chi connectivity index (χ2v) is 3.75. The molecule has 1 aromatic rings. The number of aliphatic hydroxyl groups excluding tert-OH is 1. The lowest BCUT2D eigenvalue weighted by Gasteiger charge is -2.24. The lowest BCUT2D eigenvalue weighted by Crippen LogP contribution is -2.39. The molecule has 0 fully saturated rings. The molecule has 0 aromatic carbocycles. The number of H-pyrrole nitrogens is 1. The third-order valence-electron chi connectivity index (χ3n) is 2.03. The molecule has 0 saturated carbocycles. The van der Waals surface area contributed by atoms with Gasteiger partial charge in [0.05, 0.1) is 6.54 Å². The Morgan fingerprint density at radius 3 is 2.92 bits per heavy atom. The molecule has 74 valence electrons. The van der Waals surface area contributed by atoms with E-state index in [-0.39, 0.29) is 12.1 Å². The largest absolute Gasteiger partial charge is 0.396 e. The van der Waals surface area contributed by atoms with Gasteiger partial charge in [-0.15, -0.1) is 0 Å². The molecule has 1 aromatic heterocycles. The fourth-order valence-electron chi connectivity index (χ4n) is 1.09. The first-order valence-corrected chi connectivity index (χ1v) is 4.48. The van der Waals surface area contributed by atoms with E-state index in [0.29, 0.717) is 6.54 Å². The highest BCUT2D eigenvalue weighted by molar-refractivity contribution is 4.88. The molecule has 4 nitrogen and oxygen atoms in total. The average molecular weight is 183 g/mol. The van der Waals surface area contributed by atoms with Crippen molar-refractivity contribution in [3.63, 3.8) is 0 Å². The number of hydrogen-bond acceptors (Lipinski definition) is 3. The van der Waals surface area contributed by atoms with Crippen molar-refractivity contribution in [1.29, 1.82) is 0 Å².